The normalized spacial score (nSPS) is 45.5. The summed E-state index contributed by atoms with van der Waals surface area (Å²) < 4.78 is 5.35. The maximum Gasteiger partial charge on any atom is 0.308 e. The Kier molecular flexibility index (Phi) is 6.84. The Morgan fingerprint density at radius 3 is 2.39 bits per heavy atom. The molecule has 4 aliphatic carbocycles. The van der Waals surface area contributed by atoms with Crippen LogP contribution in [0.5, 0.6) is 0 Å². The molecule has 31 heavy (non-hydrogen) atoms. The van der Waals surface area contributed by atoms with Crippen molar-refractivity contribution in [2.75, 3.05) is 7.11 Å². The molecule has 1 N–H and O–H groups in total. The van der Waals surface area contributed by atoms with Gasteiger partial charge >= 0.3 is 5.97 Å². The molecule has 0 saturated heterocycles. The monoisotopic (exact) mass is 432 g/mol. The minimum absolute atomic E-state index is 0.0506. The lowest BCUT2D eigenvalue weighted by molar-refractivity contribution is -0.154. The summed E-state index contributed by atoms with van der Waals surface area (Å²) in [5.74, 6) is 4.49. The van der Waals surface area contributed by atoms with E-state index in [1.54, 1.807) is 7.11 Å². The van der Waals surface area contributed by atoms with E-state index >= 15 is 0 Å². The third-order valence-electron chi connectivity index (χ3n) is 11.0. The third-order valence-corrected chi connectivity index (χ3v) is 11.0. The second-order valence-electron chi connectivity index (χ2n) is 12.8. The predicted octanol–water partition coefficient (Wildman–Crippen LogP) is 6.62. The Morgan fingerprint density at radius 2 is 1.68 bits per heavy atom. The highest BCUT2D eigenvalue weighted by Gasteiger charge is 2.61. The minimum Gasteiger partial charge on any atom is -0.469 e. The van der Waals surface area contributed by atoms with Crippen molar-refractivity contribution < 1.29 is 14.6 Å². The second-order valence-corrected chi connectivity index (χ2v) is 12.8. The van der Waals surface area contributed by atoms with Crippen LogP contribution in [0.25, 0.3) is 0 Å². The standard InChI is InChI=1S/C28H48O3/c1-18(2)7-6-8-22(26(30)31-5)24-12-11-23-21-10-9-19-17-20(29)13-15-27(19,3)25(21)14-16-28(23,24)4/h18-25,29H,6-17H2,1-5H3/t19?,20?,21-,22+,23-,24+,25-,27-,28-/m0/s1. The van der Waals surface area contributed by atoms with E-state index in [0.717, 1.165) is 49.4 Å². The number of rotatable bonds is 6. The zero-order valence-corrected chi connectivity index (χ0v) is 20.9. The molecule has 0 radical (unpaired) electrons. The number of aliphatic hydroxyl groups excluding tert-OH is 1. The number of ether oxygens (including phenoxy) is 1. The maximum atomic E-state index is 12.9. The fraction of sp³-hybridized carbons (Fsp3) is 0.964. The first-order valence-electron chi connectivity index (χ1n) is 13.5. The predicted molar refractivity (Wildman–Crippen MR) is 125 cm³/mol. The van der Waals surface area contributed by atoms with Crippen LogP contribution >= 0.6 is 0 Å². The number of fused-ring (bicyclic) bond motifs is 5. The lowest BCUT2D eigenvalue weighted by atomic mass is 9.44. The molecule has 0 bridgehead atoms. The van der Waals surface area contributed by atoms with Gasteiger partial charge in [0.15, 0.2) is 0 Å². The van der Waals surface area contributed by atoms with Gasteiger partial charge in [0.05, 0.1) is 19.1 Å². The molecule has 4 rings (SSSR count). The number of hydrogen-bond donors (Lipinski definition) is 1. The van der Waals surface area contributed by atoms with E-state index in [-0.39, 0.29) is 18.0 Å². The van der Waals surface area contributed by atoms with E-state index in [9.17, 15) is 9.90 Å². The van der Waals surface area contributed by atoms with Crippen molar-refractivity contribution in [1.29, 1.82) is 0 Å². The third kappa shape index (κ3) is 4.11. The molecule has 0 aromatic rings. The first kappa shape index (κ1) is 23.6. The maximum absolute atomic E-state index is 12.9. The molecule has 0 aromatic carbocycles. The Morgan fingerprint density at radius 1 is 0.968 bits per heavy atom. The zero-order valence-electron chi connectivity index (χ0n) is 20.9. The molecule has 178 valence electrons. The molecule has 0 aromatic heterocycles. The summed E-state index contributed by atoms with van der Waals surface area (Å²) in [6, 6.07) is 0. The van der Waals surface area contributed by atoms with Crippen LogP contribution in [0.1, 0.15) is 105 Å². The van der Waals surface area contributed by atoms with E-state index in [2.05, 4.69) is 27.7 Å². The van der Waals surface area contributed by atoms with Crippen molar-refractivity contribution >= 4 is 5.97 Å². The topological polar surface area (TPSA) is 46.5 Å². The van der Waals surface area contributed by atoms with Crippen LogP contribution in [0.3, 0.4) is 0 Å². The molecule has 3 heteroatoms. The van der Waals surface area contributed by atoms with Crippen molar-refractivity contribution in [1.82, 2.24) is 0 Å². The lowest BCUT2D eigenvalue weighted by Gasteiger charge is -2.61. The molecule has 9 atom stereocenters. The minimum atomic E-state index is -0.0639. The van der Waals surface area contributed by atoms with Gasteiger partial charge in [0, 0.05) is 0 Å². The molecule has 2 unspecified atom stereocenters. The van der Waals surface area contributed by atoms with Gasteiger partial charge in [-0.15, -0.1) is 0 Å². The van der Waals surface area contributed by atoms with Crippen LogP contribution < -0.4 is 0 Å². The summed E-state index contributed by atoms with van der Waals surface area (Å²) >= 11 is 0. The van der Waals surface area contributed by atoms with Crippen molar-refractivity contribution in [3.05, 3.63) is 0 Å². The second kappa shape index (κ2) is 8.99. The molecule has 0 aliphatic heterocycles. The number of carbonyl (C=O) groups excluding carboxylic acids is 1. The van der Waals surface area contributed by atoms with Gasteiger partial charge in [-0.3, -0.25) is 4.79 Å². The van der Waals surface area contributed by atoms with Gasteiger partial charge in [0.25, 0.3) is 0 Å². The van der Waals surface area contributed by atoms with Crippen molar-refractivity contribution in [3.63, 3.8) is 0 Å². The molecular formula is C28H48O3. The Labute approximate surface area is 191 Å². The van der Waals surface area contributed by atoms with Crippen LogP contribution in [0, 0.1) is 52.3 Å². The first-order chi connectivity index (χ1) is 14.7. The van der Waals surface area contributed by atoms with E-state index in [4.69, 9.17) is 4.74 Å². The highest BCUT2D eigenvalue weighted by molar-refractivity contribution is 5.72. The number of methoxy groups -OCH3 is 1. The van der Waals surface area contributed by atoms with Crippen LogP contribution in [-0.2, 0) is 9.53 Å². The van der Waals surface area contributed by atoms with Gasteiger partial charge < -0.3 is 9.84 Å². The highest BCUT2D eigenvalue weighted by atomic mass is 16.5. The average molecular weight is 433 g/mol. The molecule has 0 spiro atoms. The summed E-state index contributed by atoms with van der Waals surface area (Å²) in [5, 5.41) is 10.3. The van der Waals surface area contributed by atoms with Crippen molar-refractivity contribution in [2.45, 2.75) is 111 Å². The van der Waals surface area contributed by atoms with Gasteiger partial charge in [0.2, 0.25) is 0 Å². The van der Waals surface area contributed by atoms with Crippen molar-refractivity contribution in [2.24, 2.45) is 52.3 Å². The summed E-state index contributed by atoms with van der Waals surface area (Å²) in [5.41, 5.74) is 0.732. The van der Waals surface area contributed by atoms with Gasteiger partial charge in [0.1, 0.15) is 0 Å². The van der Waals surface area contributed by atoms with Crippen molar-refractivity contribution in [3.8, 4) is 0 Å². The summed E-state index contributed by atoms with van der Waals surface area (Å²) in [7, 11) is 1.59. The number of hydrogen-bond acceptors (Lipinski definition) is 3. The smallest absolute Gasteiger partial charge is 0.308 e. The van der Waals surface area contributed by atoms with E-state index < -0.39 is 0 Å². The Balaban J connectivity index is 1.52. The van der Waals surface area contributed by atoms with Crippen LogP contribution in [-0.4, -0.2) is 24.3 Å². The average Bonchev–Trinajstić information content (AvgIpc) is 3.08. The molecule has 3 nitrogen and oxygen atoms in total. The van der Waals surface area contributed by atoms with Gasteiger partial charge in [-0.05, 0) is 111 Å². The summed E-state index contributed by atoms with van der Waals surface area (Å²) in [6.45, 7) is 9.67. The number of esters is 1. The number of carbonyl (C=O) groups is 1. The quantitative estimate of drug-likeness (QED) is 0.480. The van der Waals surface area contributed by atoms with Gasteiger partial charge in [-0.1, -0.05) is 40.5 Å². The lowest BCUT2D eigenvalue weighted by Crippen LogP contribution is -2.54. The summed E-state index contributed by atoms with van der Waals surface area (Å²) in [6.07, 6.45) is 14.3. The van der Waals surface area contributed by atoms with Crippen LogP contribution in [0.4, 0.5) is 0 Å². The Bertz CT molecular complexity index is 644. The molecule has 4 aliphatic rings. The molecule has 0 heterocycles. The van der Waals surface area contributed by atoms with Crippen LogP contribution in [0.15, 0.2) is 0 Å². The van der Waals surface area contributed by atoms with E-state index in [1.165, 1.54) is 51.4 Å². The molecule has 0 amide bonds. The van der Waals surface area contributed by atoms with Gasteiger partial charge in [-0.2, -0.15) is 0 Å². The highest BCUT2D eigenvalue weighted by Crippen LogP contribution is 2.68. The Hall–Kier alpha value is -0.570. The summed E-state index contributed by atoms with van der Waals surface area (Å²) in [4.78, 5) is 12.9. The zero-order chi connectivity index (χ0) is 22.4. The fourth-order valence-electron chi connectivity index (χ4n) is 9.32. The molecule has 4 saturated carbocycles. The largest absolute Gasteiger partial charge is 0.469 e. The number of aliphatic hydroxyl groups is 1. The molecule has 4 fully saturated rings. The van der Waals surface area contributed by atoms with E-state index in [1.807, 2.05) is 0 Å². The first-order valence-corrected chi connectivity index (χ1v) is 13.5. The SMILES string of the molecule is COC(=O)[C@H](CCCC(C)C)[C@H]1CC[C@H]2[C@@H]3CCC4CC(O)CC[C@]4(C)[C@H]3CC[C@]12C. The van der Waals surface area contributed by atoms with Gasteiger partial charge in [-0.25, -0.2) is 0 Å². The molecular weight excluding hydrogens is 384 g/mol. The van der Waals surface area contributed by atoms with E-state index in [0.29, 0.717) is 22.7 Å². The van der Waals surface area contributed by atoms with Crippen LogP contribution in [0.2, 0.25) is 0 Å². The fourth-order valence-corrected chi connectivity index (χ4v) is 9.32.